The van der Waals surface area contributed by atoms with Crippen molar-refractivity contribution in [2.24, 2.45) is 0 Å². The van der Waals surface area contributed by atoms with Gasteiger partial charge in [-0.15, -0.1) is 11.3 Å². The van der Waals surface area contributed by atoms with Gasteiger partial charge in [0.2, 0.25) is 5.36 Å². The van der Waals surface area contributed by atoms with E-state index in [1.807, 2.05) is 6.07 Å². The van der Waals surface area contributed by atoms with Crippen molar-refractivity contribution in [1.82, 2.24) is 9.56 Å². The number of fused-ring (bicyclic) bond motifs is 2. The average molecular weight is 277 g/mol. The van der Waals surface area contributed by atoms with Gasteiger partial charge in [0.25, 0.3) is 0 Å². The molecule has 0 N–H and O–H groups in total. The van der Waals surface area contributed by atoms with Crippen molar-refractivity contribution in [3.8, 4) is 10.6 Å². The third kappa shape index (κ3) is 2.11. The van der Waals surface area contributed by atoms with E-state index in [0.717, 1.165) is 11.2 Å². The Balaban J connectivity index is 0.00000120. The van der Waals surface area contributed by atoms with E-state index < -0.39 is 0 Å². The maximum absolute atomic E-state index is 4.77. The average Bonchev–Trinajstić information content (AvgIpc) is 2.35. The van der Waals surface area contributed by atoms with Crippen LogP contribution in [0.1, 0.15) is 0 Å². The van der Waals surface area contributed by atoms with Gasteiger partial charge in [-0.1, -0.05) is 18.2 Å². The molecule has 0 saturated heterocycles. The molecule has 4 heteroatoms. The third-order valence-electron chi connectivity index (χ3n) is 2.78. The molecule has 0 fully saturated rings. The standard InChI is InChI=1S/C14H13N2S.ClH/c1-16(2)11-7-5-9-13-14(11)15-10-6-3-4-8-12(10)17-13;/h3-9H,1-2H3;1H/q+1;/p-1. The Bertz CT molecular complexity index is 729. The van der Waals surface area contributed by atoms with Gasteiger partial charge in [0.15, 0.2) is 5.69 Å². The van der Waals surface area contributed by atoms with Crippen LogP contribution in [0.4, 0.5) is 0 Å². The van der Waals surface area contributed by atoms with Crippen LogP contribution in [0.15, 0.2) is 42.5 Å². The molecule has 18 heavy (non-hydrogen) atoms. The van der Waals surface area contributed by atoms with Crippen molar-refractivity contribution >= 4 is 21.6 Å². The van der Waals surface area contributed by atoms with Crippen LogP contribution < -0.4 is 22.3 Å². The fraction of sp³-hybridized carbons (Fsp3) is 0.143. The zero-order valence-electron chi connectivity index (χ0n) is 10.2. The van der Waals surface area contributed by atoms with Crippen LogP contribution >= 0.6 is 11.3 Å². The molecule has 1 aromatic carbocycles. The molecule has 3 rings (SSSR count). The van der Waals surface area contributed by atoms with Gasteiger partial charge in [0.1, 0.15) is 14.1 Å². The number of halogens is 1. The van der Waals surface area contributed by atoms with Gasteiger partial charge in [0, 0.05) is 6.07 Å². The Hall–Kier alpha value is -1.45. The summed E-state index contributed by atoms with van der Waals surface area (Å²) >= 11 is 1.79. The van der Waals surface area contributed by atoms with E-state index in [9.17, 15) is 0 Å². The Morgan fingerprint density at radius 1 is 1.00 bits per heavy atom. The van der Waals surface area contributed by atoms with Gasteiger partial charge in [-0.25, -0.2) is 9.56 Å². The first kappa shape index (κ1) is 13.0. The first-order valence-electron chi connectivity index (χ1n) is 5.54. The summed E-state index contributed by atoms with van der Waals surface area (Å²) in [5, 5.41) is 1.17. The van der Waals surface area contributed by atoms with Crippen LogP contribution in [0, 0.1) is 0 Å². The smallest absolute Gasteiger partial charge is 0.226 e. The summed E-state index contributed by atoms with van der Waals surface area (Å²) in [5.41, 5.74) is 2.15. The lowest BCUT2D eigenvalue weighted by Gasteiger charge is -2.04. The highest BCUT2D eigenvalue weighted by molar-refractivity contribution is 7.21. The first-order chi connectivity index (χ1) is 8.25. The van der Waals surface area contributed by atoms with Crippen LogP contribution in [0.2, 0.25) is 0 Å². The van der Waals surface area contributed by atoms with Gasteiger partial charge < -0.3 is 12.4 Å². The van der Waals surface area contributed by atoms with Crippen LogP contribution in [0.3, 0.4) is 0 Å². The number of hydrogen-bond acceptors (Lipinski definition) is 2. The van der Waals surface area contributed by atoms with Crippen LogP contribution in [0.5, 0.6) is 0 Å². The van der Waals surface area contributed by atoms with E-state index in [0.29, 0.717) is 0 Å². The molecule has 0 spiro atoms. The number of hydrogen-bond donors (Lipinski definition) is 0. The molecule has 0 atom stereocenters. The molecular weight excluding hydrogens is 264 g/mol. The molecule has 1 aliphatic heterocycles. The largest absolute Gasteiger partial charge is 1.00 e. The summed E-state index contributed by atoms with van der Waals surface area (Å²) in [5.74, 6) is 0. The zero-order chi connectivity index (χ0) is 11.8. The second-order valence-corrected chi connectivity index (χ2v) is 5.28. The number of benzene rings is 2. The van der Waals surface area contributed by atoms with Gasteiger partial charge in [-0.05, 0) is 18.2 Å². The van der Waals surface area contributed by atoms with E-state index in [2.05, 4.69) is 55.1 Å². The lowest BCUT2D eigenvalue weighted by atomic mass is 10.2. The van der Waals surface area contributed by atoms with Crippen molar-refractivity contribution in [3.63, 3.8) is 0 Å². The van der Waals surface area contributed by atoms with Crippen LogP contribution in [0.25, 0.3) is 20.8 Å². The van der Waals surface area contributed by atoms with Gasteiger partial charge >= 0.3 is 0 Å². The Morgan fingerprint density at radius 3 is 2.56 bits per heavy atom. The molecule has 1 aromatic rings. The minimum Gasteiger partial charge on any atom is -1.00 e. The topological polar surface area (TPSA) is 15.9 Å². The van der Waals surface area contributed by atoms with Gasteiger partial charge in [-0.3, -0.25) is 0 Å². The quantitative estimate of drug-likeness (QED) is 0.397. The summed E-state index contributed by atoms with van der Waals surface area (Å²) in [6.07, 6.45) is 0. The third-order valence-corrected chi connectivity index (χ3v) is 3.89. The summed E-state index contributed by atoms with van der Waals surface area (Å²) in [7, 11) is 4.10. The lowest BCUT2D eigenvalue weighted by Crippen LogP contribution is -3.00. The monoisotopic (exact) mass is 276 g/mol. The Kier molecular flexibility index (Phi) is 3.64. The molecule has 0 bridgehead atoms. The molecule has 92 valence electrons. The molecule has 1 aliphatic carbocycles. The van der Waals surface area contributed by atoms with E-state index in [4.69, 9.17) is 4.98 Å². The molecule has 1 heterocycles. The maximum atomic E-state index is 4.77. The minimum absolute atomic E-state index is 0. The summed E-state index contributed by atoms with van der Waals surface area (Å²) < 4.78 is 3.34. The SMILES string of the molecule is C[N+](C)=c1cccc2sc3ccccc3nc1-2.[Cl-]. The number of rotatable bonds is 0. The highest BCUT2D eigenvalue weighted by Crippen LogP contribution is 2.27. The maximum Gasteiger partial charge on any atom is 0.226 e. The van der Waals surface area contributed by atoms with Crippen LogP contribution in [-0.2, 0) is 0 Å². The van der Waals surface area contributed by atoms with Gasteiger partial charge in [0.05, 0.1) is 15.1 Å². The minimum atomic E-state index is 0. The fourth-order valence-electron chi connectivity index (χ4n) is 1.94. The van der Waals surface area contributed by atoms with Gasteiger partial charge in [-0.2, -0.15) is 0 Å². The number of para-hydroxylation sites is 2. The fourth-order valence-corrected chi connectivity index (χ4v) is 2.94. The lowest BCUT2D eigenvalue weighted by molar-refractivity contribution is -0.00000340. The summed E-state index contributed by atoms with van der Waals surface area (Å²) in [6, 6.07) is 14.6. The second-order valence-electron chi connectivity index (χ2n) is 4.20. The highest BCUT2D eigenvalue weighted by Gasteiger charge is 2.11. The first-order valence-corrected chi connectivity index (χ1v) is 6.36. The Labute approximate surface area is 116 Å². The number of aromatic nitrogens is 1. The Morgan fingerprint density at radius 2 is 1.78 bits per heavy atom. The van der Waals surface area contributed by atoms with E-state index >= 15 is 0 Å². The van der Waals surface area contributed by atoms with E-state index in [1.54, 1.807) is 11.3 Å². The summed E-state index contributed by atoms with van der Waals surface area (Å²) in [4.78, 5) is 6.00. The normalized spacial score (nSPS) is 10.3. The van der Waals surface area contributed by atoms with Crippen molar-refractivity contribution in [3.05, 3.63) is 47.8 Å². The predicted octanol–water partition coefficient (Wildman–Crippen LogP) is -0.563. The van der Waals surface area contributed by atoms with E-state index in [-0.39, 0.29) is 12.4 Å². The van der Waals surface area contributed by atoms with Crippen LogP contribution in [-0.4, -0.2) is 19.1 Å². The molecule has 2 aliphatic rings. The van der Waals surface area contributed by atoms with Crippen molar-refractivity contribution in [1.29, 1.82) is 0 Å². The molecule has 0 saturated carbocycles. The molecular formula is C14H13ClN2S. The molecule has 0 amide bonds. The molecule has 0 unspecified atom stereocenters. The second kappa shape index (κ2) is 5.04. The molecule has 2 nitrogen and oxygen atoms in total. The van der Waals surface area contributed by atoms with Crippen molar-refractivity contribution < 1.29 is 12.4 Å². The molecule has 0 radical (unpaired) electrons. The van der Waals surface area contributed by atoms with E-state index in [1.165, 1.54) is 14.9 Å². The molecule has 0 aromatic heterocycles. The van der Waals surface area contributed by atoms with Crippen molar-refractivity contribution in [2.75, 3.05) is 14.1 Å². The van der Waals surface area contributed by atoms with Crippen molar-refractivity contribution in [2.45, 2.75) is 0 Å². The highest BCUT2D eigenvalue weighted by atomic mass is 35.5. The predicted molar refractivity (Wildman–Crippen MR) is 73.4 cm³/mol. The summed E-state index contributed by atoms with van der Waals surface area (Å²) in [6.45, 7) is 0. The number of nitrogens with zero attached hydrogens (tertiary/aromatic N) is 2. The zero-order valence-corrected chi connectivity index (χ0v) is 11.8.